The molecule has 2 atom stereocenters. The third-order valence-electron chi connectivity index (χ3n) is 1.94. The number of hydrogen-bond acceptors (Lipinski definition) is 3. The molecule has 1 aromatic rings. The fourth-order valence-electron chi connectivity index (χ4n) is 1.17. The van der Waals surface area contributed by atoms with Crippen LogP contribution in [-0.4, -0.2) is 22.9 Å². The van der Waals surface area contributed by atoms with Gasteiger partial charge < -0.3 is 15.9 Å². The van der Waals surface area contributed by atoms with Gasteiger partial charge in [0.2, 0.25) is 0 Å². The monoisotopic (exact) mass is 181 g/mol. The second-order valence-electron chi connectivity index (χ2n) is 3.10. The molecule has 0 fully saturated rings. The van der Waals surface area contributed by atoms with Crippen LogP contribution in [-0.2, 0) is 0 Å². The molecule has 72 valence electrons. The van der Waals surface area contributed by atoms with Gasteiger partial charge in [0, 0.05) is 6.04 Å². The molecule has 0 heterocycles. The molecule has 1 rings (SSSR count). The van der Waals surface area contributed by atoms with Gasteiger partial charge in [-0.25, -0.2) is 0 Å². The molecule has 1 aromatic carbocycles. The average Bonchev–Trinajstić information content (AvgIpc) is 2.19. The van der Waals surface area contributed by atoms with Crippen molar-refractivity contribution < 1.29 is 10.2 Å². The van der Waals surface area contributed by atoms with Crippen LogP contribution < -0.4 is 5.73 Å². The Bertz CT molecular complexity index is 238. The summed E-state index contributed by atoms with van der Waals surface area (Å²) in [5.74, 6) is 0. The van der Waals surface area contributed by atoms with Crippen LogP contribution in [0.4, 0.5) is 0 Å². The zero-order valence-electron chi connectivity index (χ0n) is 7.43. The largest absolute Gasteiger partial charge is 0.395 e. The fraction of sp³-hybridized carbons (Fsp3) is 0.400. The Kier molecular flexibility index (Phi) is 3.89. The molecule has 3 nitrogen and oxygen atoms in total. The minimum Gasteiger partial charge on any atom is -0.395 e. The Balaban J connectivity index is 2.53. The van der Waals surface area contributed by atoms with Gasteiger partial charge in [0.05, 0.1) is 12.7 Å². The Hall–Kier alpha value is -0.900. The molecule has 0 aliphatic carbocycles. The van der Waals surface area contributed by atoms with E-state index in [-0.39, 0.29) is 12.6 Å². The van der Waals surface area contributed by atoms with Crippen molar-refractivity contribution in [3.8, 4) is 0 Å². The van der Waals surface area contributed by atoms with E-state index in [1.54, 1.807) is 0 Å². The third-order valence-corrected chi connectivity index (χ3v) is 1.94. The summed E-state index contributed by atoms with van der Waals surface area (Å²) in [5, 5.41) is 18.3. The molecule has 0 saturated carbocycles. The predicted molar refractivity (Wildman–Crippen MR) is 51.1 cm³/mol. The summed E-state index contributed by atoms with van der Waals surface area (Å²) in [6, 6.07) is 8.95. The van der Waals surface area contributed by atoms with Crippen LogP contribution >= 0.6 is 0 Å². The van der Waals surface area contributed by atoms with Crippen LogP contribution in [0.15, 0.2) is 30.3 Å². The van der Waals surface area contributed by atoms with Crippen LogP contribution in [0, 0.1) is 0 Å². The Morgan fingerprint density at radius 2 is 1.85 bits per heavy atom. The number of benzene rings is 1. The smallest absolute Gasteiger partial charge is 0.0805 e. The van der Waals surface area contributed by atoms with Crippen molar-refractivity contribution in [3.05, 3.63) is 35.9 Å². The van der Waals surface area contributed by atoms with Gasteiger partial charge in [-0.2, -0.15) is 0 Å². The summed E-state index contributed by atoms with van der Waals surface area (Å²) < 4.78 is 0. The van der Waals surface area contributed by atoms with Crippen LogP contribution in [0.1, 0.15) is 18.1 Å². The molecule has 0 aliphatic rings. The van der Waals surface area contributed by atoms with Gasteiger partial charge >= 0.3 is 0 Å². The molecule has 13 heavy (non-hydrogen) atoms. The lowest BCUT2D eigenvalue weighted by molar-refractivity contribution is 0.140. The lowest BCUT2D eigenvalue weighted by Crippen LogP contribution is -2.26. The summed E-state index contributed by atoms with van der Waals surface area (Å²) >= 11 is 0. The summed E-state index contributed by atoms with van der Waals surface area (Å²) in [7, 11) is 0. The highest BCUT2D eigenvalue weighted by atomic mass is 16.3. The Morgan fingerprint density at radius 1 is 1.23 bits per heavy atom. The lowest BCUT2D eigenvalue weighted by Gasteiger charge is -2.14. The van der Waals surface area contributed by atoms with E-state index >= 15 is 0 Å². The maximum Gasteiger partial charge on any atom is 0.0805 e. The van der Waals surface area contributed by atoms with E-state index in [2.05, 4.69) is 0 Å². The number of rotatable bonds is 4. The fourth-order valence-corrected chi connectivity index (χ4v) is 1.17. The predicted octanol–water partition coefficient (Wildman–Crippen LogP) is 0.430. The number of hydrogen-bond donors (Lipinski definition) is 3. The van der Waals surface area contributed by atoms with Crippen molar-refractivity contribution in [1.82, 2.24) is 0 Å². The molecule has 0 aromatic heterocycles. The van der Waals surface area contributed by atoms with E-state index in [1.165, 1.54) is 0 Å². The molecule has 3 heteroatoms. The first-order valence-electron chi connectivity index (χ1n) is 4.33. The van der Waals surface area contributed by atoms with Gasteiger partial charge in [-0.3, -0.25) is 0 Å². The quantitative estimate of drug-likeness (QED) is 0.631. The number of aliphatic hydroxyl groups is 2. The van der Waals surface area contributed by atoms with Crippen molar-refractivity contribution >= 4 is 0 Å². The molecular formula is C10H15NO2. The SMILES string of the molecule is N[C@H](CO)C[C@@H](O)c1ccccc1. The molecule has 4 N–H and O–H groups in total. The zero-order chi connectivity index (χ0) is 9.68. The average molecular weight is 181 g/mol. The molecule has 0 spiro atoms. The summed E-state index contributed by atoms with van der Waals surface area (Å²) in [6.45, 7) is -0.0934. The number of nitrogens with two attached hydrogens (primary N) is 1. The normalized spacial score (nSPS) is 15.3. The zero-order valence-corrected chi connectivity index (χ0v) is 7.43. The van der Waals surface area contributed by atoms with E-state index in [4.69, 9.17) is 10.8 Å². The minimum absolute atomic E-state index is 0.0934. The molecule has 0 aliphatic heterocycles. The van der Waals surface area contributed by atoms with Crippen LogP contribution in [0.5, 0.6) is 0 Å². The third kappa shape index (κ3) is 3.14. The molecule has 0 saturated heterocycles. The standard InChI is InChI=1S/C10H15NO2/c11-9(7-12)6-10(13)8-4-2-1-3-5-8/h1-5,9-10,12-13H,6-7,11H2/t9-,10+/m0/s1. The van der Waals surface area contributed by atoms with Gasteiger partial charge in [0.15, 0.2) is 0 Å². The summed E-state index contributed by atoms with van der Waals surface area (Å²) in [6.07, 6.45) is -0.191. The second kappa shape index (κ2) is 4.97. The van der Waals surface area contributed by atoms with E-state index < -0.39 is 6.10 Å². The highest BCUT2D eigenvalue weighted by Crippen LogP contribution is 2.16. The first-order valence-corrected chi connectivity index (χ1v) is 4.33. The molecule has 0 amide bonds. The van der Waals surface area contributed by atoms with Crippen molar-refractivity contribution in [2.75, 3.05) is 6.61 Å². The van der Waals surface area contributed by atoms with Gasteiger partial charge in [0.1, 0.15) is 0 Å². The first kappa shape index (κ1) is 10.2. The van der Waals surface area contributed by atoms with E-state index in [9.17, 15) is 5.11 Å². The van der Waals surface area contributed by atoms with Crippen molar-refractivity contribution in [1.29, 1.82) is 0 Å². The van der Waals surface area contributed by atoms with Crippen molar-refractivity contribution in [2.24, 2.45) is 5.73 Å². The molecule has 0 radical (unpaired) electrons. The Morgan fingerprint density at radius 3 is 2.38 bits per heavy atom. The van der Waals surface area contributed by atoms with Gasteiger partial charge in [0.25, 0.3) is 0 Å². The van der Waals surface area contributed by atoms with Gasteiger partial charge in [-0.1, -0.05) is 30.3 Å². The second-order valence-corrected chi connectivity index (χ2v) is 3.10. The first-order chi connectivity index (χ1) is 6.24. The topological polar surface area (TPSA) is 66.5 Å². The van der Waals surface area contributed by atoms with Gasteiger partial charge in [-0.15, -0.1) is 0 Å². The maximum atomic E-state index is 9.63. The van der Waals surface area contributed by atoms with E-state index in [1.807, 2.05) is 30.3 Å². The van der Waals surface area contributed by atoms with Gasteiger partial charge in [-0.05, 0) is 12.0 Å². The van der Waals surface area contributed by atoms with E-state index in [0.29, 0.717) is 6.42 Å². The van der Waals surface area contributed by atoms with Crippen LogP contribution in [0.3, 0.4) is 0 Å². The van der Waals surface area contributed by atoms with E-state index in [0.717, 1.165) is 5.56 Å². The van der Waals surface area contributed by atoms with Crippen molar-refractivity contribution in [3.63, 3.8) is 0 Å². The summed E-state index contributed by atoms with van der Waals surface area (Å²) in [4.78, 5) is 0. The lowest BCUT2D eigenvalue weighted by atomic mass is 10.0. The van der Waals surface area contributed by atoms with Crippen LogP contribution in [0.25, 0.3) is 0 Å². The maximum absolute atomic E-state index is 9.63. The molecular weight excluding hydrogens is 166 g/mol. The number of aliphatic hydroxyl groups excluding tert-OH is 2. The highest BCUT2D eigenvalue weighted by molar-refractivity contribution is 5.17. The molecule has 0 unspecified atom stereocenters. The Labute approximate surface area is 77.8 Å². The minimum atomic E-state index is -0.580. The van der Waals surface area contributed by atoms with Crippen molar-refractivity contribution in [2.45, 2.75) is 18.6 Å². The van der Waals surface area contributed by atoms with Crippen LogP contribution in [0.2, 0.25) is 0 Å². The molecule has 0 bridgehead atoms. The summed E-state index contributed by atoms with van der Waals surface area (Å²) in [5.41, 5.74) is 6.34. The highest BCUT2D eigenvalue weighted by Gasteiger charge is 2.10.